The molecule has 10 heavy (non-hydrogen) atoms. The van der Waals surface area contributed by atoms with Crippen molar-refractivity contribution in [2.45, 2.75) is 0 Å². The van der Waals surface area contributed by atoms with Crippen LogP contribution >= 0.6 is 0 Å². The molecule has 0 amide bonds. The monoisotopic (exact) mass is 914 g/mol. The van der Waals surface area contributed by atoms with E-state index in [-0.39, 0.29) is 152 Å². The third-order valence-electron chi connectivity index (χ3n) is 0. The molecule has 6 radical (unpaired) electrons. The first-order chi connectivity index (χ1) is 0. The van der Waals surface area contributed by atoms with Gasteiger partial charge in [0.1, 0.15) is 0 Å². The van der Waals surface area contributed by atoms with Crippen LogP contribution in [0.15, 0.2) is 0 Å². The fourth-order valence-electron chi connectivity index (χ4n) is 0. The van der Waals surface area contributed by atoms with Gasteiger partial charge >= 0.3 is 60.3 Å². The van der Waals surface area contributed by atoms with Crippen LogP contribution in [0.4, 0.5) is 0 Å². The van der Waals surface area contributed by atoms with Gasteiger partial charge in [0.15, 0.2) is 0 Å². The fraction of sp³-hybridized carbons (Fsp3) is 0. The smallest absolute Gasteiger partial charge is 3.00 e. The van der Waals surface area contributed by atoms with Crippen molar-refractivity contribution >= 4 is 0 Å². The van der Waals surface area contributed by atoms with Crippen LogP contribution in [0, 0.1) is 0 Å². The fourth-order valence-corrected chi connectivity index (χ4v) is 0. The molecule has 0 aromatic rings. The van der Waals surface area contributed by atoms with Crippen molar-refractivity contribution in [1.82, 2.24) is 0 Å². The van der Waals surface area contributed by atoms with Crippen LogP contribution in [0.2, 0.25) is 0 Å². The molecule has 4 nitrogen and oxygen atoms in total. The number of nitrogens with zero attached hydrogens (tertiary/aromatic N) is 4. The summed E-state index contributed by atoms with van der Waals surface area (Å²) in [6, 6.07) is 0. The standard InChI is InChI=1S/3Ir.4N.3Nb/q3*+4;4*-3;;;. The molecule has 0 fully saturated rings. The maximum atomic E-state index is 0. The third kappa shape index (κ3) is 90.6. The first-order valence-corrected chi connectivity index (χ1v) is 0. The molecule has 0 atom stereocenters. The van der Waals surface area contributed by atoms with Crippen LogP contribution in [0.1, 0.15) is 0 Å². The van der Waals surface area contributed by atoms with E-state index in [2.05, 4.69) is 0 Å². The second-order valence-electron chi connectivity index (χ2n) is 0. The zero-order valence-electron chi connectivity index (χ0n) is 4.13. The molecule has 0 aliphatic carbocycles. The summed E-state index contributed by atoms with van der Waals surface area (Å²) >= 11 is 0. The molecule has 0 saturated heterocycles. The van der Waals surface area contributed by atoms with E-state index >= 15 is 0 Å². The molecule has 0 aromatic carbocycles. The first kappa shape index (κ1) is 148. The van der Waals surface area contributed by atoms with E-state index in [0.29, 0.717) is 0 Å². The average Bonchev–Trinajstić information content (AvgIpc) is 0. The Balaban J connectivity index is 0. The zero-order chi connectivity index (χ0) is 0. The first-order valence-electron chi connectivity index (χ1n) is 0. The van der Waals surface area contributed by atoms with Gasteiger partial charge in [0.25, 0.3) is 0 Å². The maximum absolute atomic E-state index is 0. The third-order valence-corrected chi connectivity index (χ3v) is 0. The Bertz CT molecular complexity index is 15.7. The molecular formula is Ir3N4Nb3. The quantitative estimate of drug-likeness (QED) is 0.325. The van der Waals surface area contributed by atoms with Crippen LogP contribution in [-0.2, 0) is 127 Å². The predicted octanol–water partition coefficient (Wildman–Crippen LogP) is 1.14. The number of rotatable bonds is 0. The van der Waals surface area contributed by atoms with Gasteiger partial charge in [-0.15, -0.1) is 0 Å². The van der Waals surface area contributed by atoms with E-state index in [4.69, 9.17) is 0 Å². The molecule has 0 spiro atoms. The minimum atomic E-state index is 0. The summed E-state index contributed by atoms with van der Waals surface area (Å²) in [6.07, 6.45) is 0. The van der Waals surface area contributed by atoms with E-state index in [1.54, 1.807) is 0 Å². The summed E-state index contributed by atoms with van der Waals surface area (Å²) < 4.78 is 0. The Morgan fingerprint density at radius 3 is 0.300 bits per heavy atom. The maximum Gasteiger partial charge on any atom is 4.00 e. The summed E-state index contributed by atoms with van der Waals surface area (Å²) in [6.45, 7) is 0. The van der Waals surface area contributed by atoms with E-state index in [1.165, 1.54) is 0 Å². The summed E-state index contributed by atoms with van der Waals surface area (Å²) in [5, 5.41) is 0. The molecule has 0 saturated carbocycles. The van der Waals surface area contributed by atoms with Crippen molar-refractivity contribution in [3.05, 3.63) is 24.6 Å². The van der Waals surface area contributed by atoms with E-state index in [0.717, 1.165) is 0 Å². The second kappa shape index (κ2) is 117. The minimum Gasteiger partial charge on any atom is -3.00 e. The molecule has 0 unspecified atom stereocenters. The van der Waals surface area contributed by atoms with Gasteiger partial charge in [0.2, 0.25) is 0 Å². The number of hydrogen-bond donors (Lipinski definition) is 0. The van der Waals surface area contributed by atoms with Gasteiger partial charge in [-0.25, -0.2) is 0 Å². The largest absolute Gasteiger partial charge is 4.00 e. The molecule has 0 N–H and O–H groups in total. The van der Waals surface area contributed by atoms with Crippen molar-refractivity contribution in [2.24, 2.45) is 0 Å². The molecule has 0 aliphatic heterocycles. The topological polar surface area (TPSA) is 122 Å². The predicted molar refractivity (Wildman–Crippen MR) is 13.4 cm³/mol. The summed E-state index contributed by atoms with van der Waals surface area (Å²) in [4.78, 5) is 0. The van der Waals surface area contributed by atoms with Gasteiger partial charge in [0.05, 0.1) is 0 Å². The van der Waals surface area contributed by atoms with Crippen molar-refractivity contribution in [3.8, 4) is 0 Å². The van der Waals surface area contributed by atoms with Crippen LogP contribution in [0.3, 0.4) is 0 Å². The summed E-state index contributed by atoms with van der Waals surface area (Å²) in [5.41, 5.74) is 0. The van der Waals surface area contributed by atoms with Gasteiger partial charge < -0.3 is 24.6 Å². The molecule has 0 aliphatic rings. The van der Waals surface area contributed by atoms with Crippen molar-refractivity contribution in [2.75, 3.05) is 0 Å². The van der Waals surface area contributed by atoms with Crippen LogP contribution in [0.25, 0.3) is 24.6 Å². The van der Waals surface area contributed by atoms with Gasteiger partial charge in [-0.2, -0.15) is 0 Å². The van der Waals surface area contributed by atoms with Gasteiger partial charge in [-0.3, -0.25) is 0 Å². The molecule has 0 heterocycles. The molecule has 10 heteroatoms. The molecule has 0 rings (SSSR count). The van der Waals surface area contributed by atoms with E-state index < -0.39 is 0 Å². The number of hydrogen-bond acceptors (Lipinski definition) is 0. The SMILES string of the molecule is [Ir+4].[Ir+4].[Ir+4].[N-3].[N-3].[N-3].[N-3].[Nb].[Nb].[Nb]. The Morgan fingerprint density at radius 1 is 0.300 bits per heavy atom. The second-order valence-corrected chi connectivity index (χ2v) is 0. The minimum absolute atomic E-state index is 0. The Kier molecular flexibility index (Phi) is 1720. The van der Waals surface area contributed by atoms with Crippen molar-refractivity contribution < 1.29 is 127 Å². The van der Waals surface area contributed by atoms with E-state index in [9.17, 15) is 0 Å². The molecular weight excluding hydrogens is 911 g/mol. The van der Waals surface area contributed by atoms with Gasteiger partial charge in [-0.05, 0) is 0 Å². The summed E-state index contributed by atoms with van der Waals surface area (Å²) in [7, 11) is 0. The Morgan fingerprint density at radius 2 is 0.300 bits per heavy atom. The Labute approximate surface area is 149 Å². The van der Waals surface area contributed by atoms with Crippen LogP contribution < -0.4 is 0 Å². The Hall–Kier alpha value is 4.01. The van der Waals surface area contributed by atoms with Crippen molar-refractivity contribution in [3.63, 3.8) is 0 Å². The molecule has 0 aromatic heterocycles. The van der Waals surface area contributed by atoms with Crippen LogP contribution in [-0.4, -0.2) is 0 Å². The summed E-state index contributed by atoms with van der Waals surface area (Å²) in [5.74, 6) is 0. The van der Waals surface area contributed by atoms with E-state index in [1.807, 2.05) is 0 Å². The molecule has 62 valence electrons. The van der Waals surface area contributed by atoms with Gasteiger partial charge in [0, 0.05) is 67.1 Å². The van der Waals surface area contributed by atoms with Gasteiger partial charge in [-0.1, -0.05) is 0 Å². The van der Waals surface area contributed by atoms with Crippen LogP contribution in [0.5, 0.6) is 0 Å². The molecule has 0 bridgehead atoms. The zero-order valence-corrected chi connectivity index (χ0v) is 17.9. The normalized spacial score (nSPS) is 0. The average molecular weight is 911 g/mol. The van der Waals surface area contributed by atoms with Crippen molar-refractivity contribution in [1.29, 1.82) is 0 Å².